The third kappa shape index (κ3) is 3.01. The van der Waals surface area contributed by atoms with Crippen LogP contribution in [0, 0.1) is 0 Å². The summed E-state index contributed by atoms with van der Waals surface area (Å²) in [7, 11) is 0. The molecule has 0 radical (unpaired) electrons. The number of hydrogen-bond acceptors (Lipinski definition) is 2. The molecule has 1 aliphatic rings. The topological polar surface area (TPSA) is 32.3 Å². The molecular weight excluding hydrogens is 234 g/mol. The molecule has 2 rings (SSSR count). The van der Waals surface area contributed by atoms with E-state index in [1.54, 1.807) is 0 Å². The van der Waals surface area contributed by atoms with E-state index < -0.39 is 5.60 Å². The summed E-state index contributed by atoms with van der Waals surface area (Å²) in [6.45, 7) is 3.12. The van der Waals surface area contributed by atoms with E-state index in [0.29, 0.717) is 11.1 Å². The maximum Gasteiger partial charge on any atom is 0.0898 e. The van der Waals surface area contributed by atoms with Crippen LogP contribution in [0.1, 0.15) is 38.2 Å². The zero-order valence-corrected chi connectivity index (χ0v) is 11.0. The third-order valence-corrected chi connectivity index (χ3v) is 3.90. The van der Waals surface area contributed by atoms with E-state index in [4.69, 9.17) is 11.6 Å². The van der Waals surface area contributed by atoms with E-state index in [9.17, 15) is 5.11 Å². The van der Waals surface area contributed by atoms with Gasteiger partial charge in [-0.3, -0.25) is 0 Å². The van der Waals surface area contributed by atoms with Gasteiger partial charge in [-0.25, -0.2) is 0 Å². The molecule has 2 nitrogen and oxygen atoms in total. The summed E-state index contributed by atoms with van der Waals surface area (Å²) in [5, 5.41) is 14.8. The highest BCUT2D eigenvalue weighted by Gasteiger charge is 2.34. The molecule has 0 atom stereocenters. The Kier molecular flexibility index (Phi) is 4.08. The van der Waals surface area contributed by atoms with Gasteiger partial charge < -0.3 is 10.4 Å². The maximum atomic E-state index is 10.7. The highest BCUT2D eigenvalue weighted by Crippen LogP contribution is 2.37. The van der Waals surface area contributed by atoms with Crippen LogP contribution in [0.15, 0.2) is 24.3 Å². The van der Waals surface area contributed by atoms with E-state index in [1.165, 1.54) is 0 Å². The second-order valence-electron chi connectivity index (χ2n) is 4.87. The van der Waals surface area contributed by atoms with E-state index in [0.717, 1.165) is 37.8 Å². The minimum Gasteiger partial charge on any atom is -0.385 e. The predicted octanol–water partition coefficient (Wildman–Crippen LogP) is 3.08. The van der Waals surface area contributed by atoms with Crippen molar-refractivity contribution in [2.24, 2.45) is 0 Å². The molecule has 94 valence electrons. The van der Waals surface area contributed by atoms with Crippen molar-refractivity contribution in [3.63, 3.8) is 0 Å². The lowest BCUT2D eigenvalue weighted by Crippen LogP contribution is -2.39. The van der Waals surface area contributed by atoms with Crippen LogP contribution in [0.3, 0.4) is 0 Å². The van der Waals surface area contributed by atoms with Crippen molar-refractivity contribution in [2.45, 2.75) is 44.2 Å². The summed E-state index contributed by atoms with van der Waals surface area (Å²) in [4.78, 5) is 0. The van der Waals surface area contributed by atoms with Gasteiger partial charge in [0.05, 0.1) is 5.60 Å². The number of nitrogens with one attached hydrogen (secondary N) is 1. The quantitative estimate of drug-likeness (QED) is 0.868. The largest absolute Gasteiger partial charge is 0.385 e. The van der Waals surface area contributed by atoms with Crippen LogP contribution in [0.25, 0.3) is 0 Å². The Balaban J connectivity index is 2.06. The smallest absolute Gasteiger partial charge is 0.0898 e. The molecule has 1 aromatic rings. The Morgan fingerprint density at radius 2 is 2.12 bits per heavy atom. The molecule has 17 heavy (non-hydrogen) atoms. The van der Waals surface area contributed by atoms with Crippen LogP contribution in [0.2, 0.25) is 5.02 Å². The molecule has 1 aliphatic carbocycles. The van der Waals surface area contributed by atoms with Crippen molar-refractivity contribution in [1.29, 1.82) is 0 Å². The minimum atomic E-state index is -0.684. The van der Waals surface area contributed by atoms with Crippen LogP contribution in [-0.2, 0) is 5.60 Å². The molecule has 3 heteroatoms. The fourth-order valence-electron chi connectivity index (χ4n) is 2.65. The van der Waals surface area contributed by atoms with Gasteiger partial charge in [0.25, 0.3) is 0 Å². The zero-order chi connectivity index (χ0) is 12.3. The second-order valence-corrected chi connectivity index (χ2v) is 5.31. The van der Waals surface area contributed by atoms with Gasteiger partial charge in [-0.05, 0) is 49.9 Å². The van der Waals surface area contributed by atoms with E-state index in [1.807, 2.05) is 24.3 Å². The van der Waals surface area contributed by atoms with Gasteiger partial charge >= 0.3 is 0 Å². The molecule has 0 bridgehead atoms. The average Bonchev–Trinajstić information content (AvgIpc) is 2.33. The highest BCUT2D eigenvalue weighted by molar-refractivity contribution is 6.30. The van der Waals surface area contributed by atoms with Crippen molar-refractivity contribution < 1.29 is 5.11 Å². The molecule has 0 unspecified atom stereocenters. The highest BCUT2D eigenvalue weighted by atomic mass is 35.5. The van der Waals surface area contributed by atoms with E-state index in [2.05, 4.69) is 12.2 Å². The molecule has 0 amide bonds. The van der Waals surface area contributed by atoms with Crippen LogP contribution in [-0.4, -0.2) is 17.7 Å². The SMILES string of the molecule is CCNC1CCC(O)(c2cccc(Cl)c2)CC1. The predicted molar refractivity (Wildman–Crippen MR) is 71.3 cm³/mol. The van der Waals surface area contributed by atoms with Gasteiger partial charge in [0, 0.05) is 11.1 Å². The average molecular weight is 254 g/mol. The molecule has 1 fully saturated rings. The first-order valence-electron chi connectivity index (χ1n) is 6.36. The first kappa shape index (κ1) is 12.9. The van der Waals surface area contributed by atoms with E-state index in [-0.39, 0.29) is 0 Å². The molecule has 1 aromatic carbocycles. The minimum absolute atomic E-state index is 0.555. The van der Waals surface area contributed by atoms with Gasteiger partial charge in [0.1, 0.15) is 0 Å². The Bertz CT molecular complexity index is 372. The summed E-state index contributed by atoms with van der Waals surface area (Å²) >= 11 is 5.98. The van der Waals surface area contributed by atoms with Crippen LogP contribution < -0.4 is 5.32 Å². The number of halogens is 1. The first-order chi connectivity index (χ1) is 8.14. The lowest BCUT2D eigenvalue weighted by atomic mass is 9.78. The molecule has 0 saturated heterocycles. The number of aliphatic hydroxyl groups is 1. The maximum absolute atomic E-state index is 10.7. The summed E-state index contributed by atoms with van der Waals surface area (Å²) in [6.07, 6.45) is 3.67. The third-order valence-electron chi connectivity index (χ3n) is 3.67. The monoisotopic (exact) mass is 253 g/mol. The Morgan fingerprint density at radius 1 is 1.41 bits per heavy atom. The van der Waals surface area contributed by atoms with Crippen LogP contribution >= 0.6 is 11.6 Å². The number of hydrogen-bond donors (Lipinski definition) is 2. The van der Waals surface area contributed by atoms with Crippen LogP contribution in [0.4, 0.5) is 0 Å². The molecule has 0 spiro atoms. The van der Waals surface area contributed by atoms with Crippen molar-refractivity contribution in [3.05, 3.63) is 34.9 Å². The summed E-state index contributed by atoms with van der Waals surface area (Å²) < 4.78 is 0. The fraction of sp³-hybridized carbons (Fsp3) is 0.571. The Labute approximate surface area is 108 Å². The van der Waals surface area contributed by atoms with Crippen LogP contribution in [0.5, 0.6) is 0 Å². The van der Waals surface area contributed by atoms with Crippen molar-refractivity contribution in [1.82, 2.24) is 5.32 Å². The fourth-order valence-corrected chi connectivity index (χ4v) is 2.85. The molecule has 2 N–H and O–H groups in total. The Morgan fingerprint density at radius 3 is 2.71 bits per heavy atom. The van der Waals surface area contributed by atoms with Gasteiger partial charge in [-0.1, -0.05) is 30.7 Å². The van der Waals surface area contributed by atoms with Gasteiger partial charge in [0.15, 0.2) is 0 Å². The van der Waals surface area contributed by atoms with Crippen molar-refractivity contribution >= 4 is 11.6 Å². The van der Waals surface area contributed by atoms with Crippen molar-refractivity contribution in [2.75, 3.05) is 6.54 Å². The van der Waals surface area contributed by atoms with Gasteiger partial charge in [-0.2, -0.15) is 0 Å². The molecule has 0 aliphatic heterocycles. The van der Waals surface area contributed by atoms with Gasteiger partial charge in [0.2, 0.25) is 0 Å². The molecule has 0 heterocycles. The standard InChI is InChI=1S/C14H20ClNO/c1-2-16-13-6-8-14(17,9-7-13)11-4-3-5-12(15)10-11/h3-5,10,13,16-17H,2,6-9H2,1H3. The number of rotatable bonds is 3. The summed E-state index contributed by atoms with van der Waals surface area (Å²) in [5.41, 5.74) is 0.275. The van der Waals surface area contributed by atoms with E-state index >= 15 is 0 Å². The normalized spacial score (nSPS) is 29.2. The second kappa shape index (κ2) is 5.38. The zero-order valence-electron chi connectivity index (χ0n) is 10.2. The first-order valence-corrected chi connectivity index (χ1v) is 6.73. The van der Waals surface area contributed by atoms with Gasteiger partial charge in [-0.15, -0.1) is 0 Å². The molecule has 1 saturated carbocycles. The summed E-state index contributed by atoms with van der Waals surface area (Å²) in [5.74, 6) is 0. The lowest BCUT2D eigenvalue weighted by molar-refractivity contribution is -0.00814. The summed E-state index contributed by atoms with van der Waals surface area (Å²) in [6, 6.07) is 8.17. The number of benzene rings is 1. The molecular formula is C14H20ClNO. The lowest BCUT2D eigenvalue weighted by Gasteiger charge is -2.36. The molecule has 0 aromatic heterocycles. The van der Waals surface area contributed by atoms with Crippen molar-refractivity contribution in [3.8, 4) is 0 Å². The Hall–Kier alpha value is -0.570.